The molecule has 0 saturated carbocycles. The average molecular weight is 420 g/mol. The van der Waals surface area contributed by atoms with E-state index in [9.17, 15) is 4.79 Å². The fourth-order valence-corrected chi connectivity index (χ4v) is 2.94. The summed E-state index contributed by atoms with van der Waals surface area (Å²) in [4.78, 5) is 20.5. The Labute approximate surface area is 186 Å². The molecule has 32 heavy (non-hydrogen) atoms. The molecule has 6 nitrogen and oxygen atoms in total. The maximum Gasteiger partial charge on any atom is 0.235 e. The number of benzene rings is 3. The molecule has 0 radical (unpaired) electrons. The number of Topliss-reactive ketones (excluding diaryl/α,β-unsaturated/α-hetero) is 1. The number of hydrogen-bond acceptors (Lipinski definition) is 6. The number of hydrogen-bond donors (Lipinski definition) is 2. The maximum absolute atomic E-state index is 12.0. The van der Waals surface area contributed by atoms with Crippen LogP contribution in [0.3, 0.4) is 0 Å². The van der Waals surface area contributed by atoms with E-state index in [0.29, 0.717) is 17.2 Å². The molecule has 2 N–H and O–H groups in total. The highest BCUT2D eigenvalue weighted by Crippen LogP contribution is 2.25. The van der Waals surface area contributed by atoms with Gasteiger partial charge in [-0.3, -0.25) is 4.79 Å². The van der Waals surface area contributed by atoms with Crippen LogP contribution in [0.2, 0.25) is 0 Å². The van der Waals surface area contributed by atoms with Crippen molar-refractivity contribution in [3.05, 3.63) is 96.8 Å². The number of nitrogens with zero attached hydrogens (tertiary/aromatic N) is 2. The molecule has 0 aliphatic carbocycles. The molecule has 0 unspecified atom stereocenters. The molecule has 4 rings (SSSR count). The highest BCUT2D eigenvalue weighted by molar-refractivity contribution is 6.09. The molecule has 6 heteroatoms. The van der Waals surface area contributed by atoms with Crippen LogP contribution in [0.25, 0.3) is 0 Å². The van der Waals surface area contributed by atoms with Crippen molar-refractivity contribution in [1.29, 1.82) is 0 Å². The van der Waals surface area contributed by atoms with Crippen LogP contribution in [0.1, 0.15) is 17.3 Å². The van der Waals surface area contributed by atoms with Crippen LogP contribution in [0.5, 0.6) is 11.5 Å². The molecule has 1 aromatic heterocycles. The van der Waals surface area contributed by atoms with E-state index in [0.717, 1.165) is 22.9 Å². The third kappa shape index (κ3) is 5.49. The molecule has 0 aliphatic rings. The molecule has 0 bridgehead atoms. The second kappa shape index (κ2) is 9.92. The van der Waals surface area contributed by atoms with Crippen LogP contribution in [-0.2, 0) is 0 Å². The summed E-state index contributed by atoms with van der Waals surface area (Å²) in [5.74, 6) is 7.70. The molecule has 3 aromatic carbocycles. The molecule has 0 atom stereocenters. The van der Waals surface area contributed by atoms with Gasteiger partial charge in [-0.05, 0) is 61.4 Å². The van der Waals surface area contributed by atoms with Crippen molar-refractivity contribution >= 4 is 28.8 Å². The molecule has 156 valence electrons. The van der Waals surface area contributed by atoms with Crippen LogP contribution in [-0.4, -0.2) is 15.8 Å². The zero-order chi connectivity index (χ0) is 22.2. The predicted octanol–water partition coefficient (Wildman–Crippen LogP) is 5.96. The van der Waals surface area contributed by atoms with Crippen molar-refractivity contribution in [2.75, 3.05) is 10.6 Å². The van der Waals surface area contributed by atoms with E-state index >= 15 is 0 Å². The zero-order valence-corrected chi connectivity index (χ0v) is 17.4. The Morgan fingerprint density at radius 2 is 1.47 bits per heavy atom. The first-order valence-corrected chi connectivity index (χ1v) is 9.96. The molecular weight excluding hydrogens is 400 g/mol. The van der Waals surface area contributed by atoms with Crippen LogP contribution >= 0.6 is 0 Å². The molecule has 1 heterocycles. The van der Waals surface area contributed by atoms with E-state index in [4.69, 9.17) is 4.74 Å². The number of carbonyl (C=O) groups excluding carboxylic acids is 1. The van der Waals surface area contributed by atoms with Crippen molar-refractivity contribution in [2.24, 2.45) is 0 Å². The first-order valence-electron chi connectivity index (χ1n) is 9.96. The van der Waals surface area contributed by atoms with E-state index in [1.807, 2.05) is 60.7 Å². The normalized spacial score (nSPS) is 9.91. The number of ether oxygens (including phenoxy) is 1. The van der Waals surface area contributed by atoms with Crippen molar-refractivity contribution in [2.45, 2.75) is 6.92 Å². The maximum atomic E-state index is 12.0. The van der Waals surface area contributed by atoms with Crippen LogP contribution in [0.4, 0.5) is 23.0 Å². The zero-order valence-electron chi connectivity index (χ0n) is 17.4. The Balaban J connectivity index is 1.42. The molecule has 0 fully saturated rings. The fourth-order valence-electron chi connectivity index (χ4n) is 2.94. The minimum Gasteiger partial charge on any atom is -0.457 e. The summed E-state index contributed by atoms with van der Waals surface area (Å²) in [6.07, 6.45) is 1.47. The molecular formula is C26H20N4O2. The quantitative estimate of drug-likeness (QED) is 0.218. The van der Waals surface area contributed by atoms with Gasteiger partial charge in [-0.2, -0.15) is 0 Å². The largest absolute Gasteiger partial charge is 0.457 e. The summed E-state index contributed by atoms with van der Waals surface area (Å²) < 4.78 is 5.81. The smallest absolute Gasteiger partial charge is 0.235 e. The fraction of sp³-hybridized carbons (Fsp3) is 0.0385. The van der Waals surface area contributed by atoms with Gasteiger partial charge in [-0.25, -0.2) is 9.97 Å². The van der Waals surface area contributed by atoms with Gasteiger partial charge >= 0.3 is 0 Å². The lowest BCUT2D eigenvalue weighted by Crippen LogP contribution is -2.00. The van der Waals surface area contributed by atoms with Gasteiger partial charge in [0.15, 0.2) is 0 Å². The Morgan fingerprint density at radius 3 is 2.19 bits per heavy atom. The third-order valence-corrected chi connectivity index (χ3v) is 4.41. The van der Waals surface area contributed by atoms with Gasteiger partial charge in [0.2, 0.25) is 5.78 Å². The number of aromatic nitrogens is 2. The number of para-hydroxylation sites is 1. The van der Waals surface area contributed by atoms with E-state index < -0.39 is 0 Å². The second-order valence-electron chi connectivity index (χ2n) is 6.76. The number of anilines is 4. The lowest BCUT2D eigenvalue weighted by Gasteiger charge is -2.10. The van der Waals surface area contributed by atoms with Crippen molar-refractivity contribution in [3.8, 4) is 23.3 Å². The van der Waals surface area contributed by atoms with E-state index in [1.165, 1.54) is 6.33 Å². The summed E-state index contributed by atoms with van der Waals surface area (Å²) in [6, 6.07) is 26.1. The van der Waals surface area contributed by atoms with Crippen molar-refractivity contribution < 1.29 is 9.53 Å². The number of carbonyl (C=O) groups is 1. The number of ketones is 1. The first-order chi connectivity index (χ1) is 15.7. The molecule has 0 amide bonds. The van der Waals surface area contributed by atoms with E-state index in [1.54, 1.807) is 31.2 Å². The number of nitrogens with one attached hydrogen (secondary N) is 2. The standard InChI is InChI=1S/C26H20N4O2/c1-2-7-24(31)19-8-6-9-21(16-19)30-26-17-25(27-18-28-26)29-20-12-14-23(15-13-20)32-22-10-4-3-5-11-22/h3-6,8-18H,1H3,(H2,27,28,29,30). The molecule has 0 spiro atoms. The summed E-state index contributed by atoms with van der Waals surface area (Å²) in [5, 5.41) is 6.44. The van der Waals surface area contributed by atoms with Crippen LogP contribution < -0.4 is 15.4 Å². The topological polar surface area (TPSA) is 76.1 Å². The Kier molecular flexibility index (Phi) is 6.39. The minimum atomic E-state index is -0.221. The van der Waals surface area contributed by atoms with E-state index in [2.05, 4.69) is 32.4 Å². The van der Waals surface area contributed by atoms with Gasteiger partial charge in [0, 0.05) is 23.0 Å². The first kappa shape index (κ1) is 20.6. The van der Waals surface area contributed by atoms with E-state index in [-0.39, 0.29) is 5.78 Å². The highest BCUT2D eigenvalue weighted by atomic mass is 16.5. The average Bonchev–Trinajstić information content (AvgIpc) is 2.82. The Hall–Kier alpha value is -4.63. The van der Waals surface area contributed by atoms with Crippen LogP contribution in [0.15, 0.2) is 91.3 Å². The predicted molar refractivity (Wildman–Crippen MR) is 126 cm³/mol. The summed E-state index contributed by atoms with van der Waals surface area (Å²) >= 11 is 0. The summed E-state index contributed by atoms with van der Waals surface area (Å²) in [5.41, 5.74) is 2.12. The van der Waals surface area contributed by atoms with Gasteiger partial charge in [-0.15, -0.1) is 0 Å². The van der Waals surface area contributed by atoms with Gasteiger partial charge < -0.3 is 15.4 Å². The molecule has 4 aromatic rings. The Bertz CT molecular complexity index is 1280. The monoisotopic (exact) mass is 420 g/mol. The SMILES string of the molecule is CC#CC(=O)c1cccc(Nc2cc(Nc3ccc(Oc4ccccc4)cc3)ncn2)c1. The minimum absolute atomic E-state index is 0.221. The molecule has 0 saturated heterocycles. The van der Waals surface area contributed by atoms with Crippen LogP contribution in [0, 0.1) is 11.8 Å². The molecule has 0 aliphatic heterocycles. The summed E-state index contributed by atoms with van der Waals surface area (Å²) in [7, 11) is 0. The third-order valence-electron chi connectivity index (χ3n) is 4.41. The summed E-state index contributed by atoms with van der Waals surface area (Å²) in [6.45, 7) is 1.64. The van der Waals surface area contributed by atoms with Crippen molar-refractivity contribution in [3.63, 3.8) is 0 Å². The van der Waals surface area contributed by atoms with Gasteiger partial charge in [0.25, 0.3) is 0 Å². The lowest BCUT2D eigenvalue weighted by atomic mass is 10.1. The second-order valence-corrected chi connectivity index (χ2v) is 6.76. The highest BCUT2D eigenvalue weighted by Gasteiger charge is 2.05. The van der Waals surface area contributed by atoms with Gasteiger partial charge in [0.05, 0.1) is 0 Å². The lowest BCUT2D eigenvalue weighted by molar-refractivity contribution is 0.105. The van der Waals surface area contributed by atoms with Gasteiger partial charge in [0.1, 0.15) is 29.5 Å². The van der Waals surface area contributed by atoms with Gasteiger partial charge in [-0.1, -0.05) is 36.3 Å². The van der Waals surface area contributed by atoms with Crippen molar-refractivity contribution in [1.82, 2.24) is 9.97 Å². The number of rotatable bonds is 7. The Morgan fingerprint density at radius 1 is 0.781 bits per heavy atom.